The Balaban J connectivity index is 0.00000338. The number of ether oxygens (including phenoxy) is 3. The van der Waals surface area contributed by atoms with Crippen LogP contribution in [0.15, 0.2) is 27.7 Å². The van der Waals surface area contributed by atoms with Gasteiger partial charge in [0, 0.05) is 26.3 Å². The van der Waals surface area contributed by atoms with E-state index in [0.29, 0.717) is 6.54 Å². The Morgan fingerprint density at radius 2 is 2.23 bits per heavy atom. The summed E-state index contributed by atoms with van der Waals surface area (Å²) < 4.78 is 17.3. The molecule has 1 aliphatic rings. The number of hydrogen-bond donors (Lipinski definition) is 2. The second-order valence-electron chi connectivity index (χ2n) is 5.80. The Bertz CT molecular complexity index is 554. The Hall–Kier alpha value is -0.580. The van der Waals surface area contributed by atoms with Gasteiger partial charge in [0.15, 0.2) is 5.96 Å². The van der Waals surface area contributed by atoms with Crippen LogP contribution in [0.2, 0.25) is 0 Å². The van der Waals surface area contributed by atoms with Crippen LogP contribution in [-0.2, 0) is 16.0 Å². The van der Waals surface area contributed by atoms with Gasteiger partial charge in [-0.05, 0) is 53.4 Å². The van der Waals surface area contributed by atoms with Crippen LogP contribution < -0.4 is 15.4 Å². The fraction of sp³-hybridized carbons (Fsp3) is 0.611. The Morgan fingerprint density at radius 1 is 1.38 bits per heavy atom. The molecular weight excluding hydrogens is 513 g/mol. The molecule has 8 heteroatoms. The number of halogens is 2. The van der Waals surface area contributed by atoms with Crippen molar-refractivity contribution >= 4 is 45.9 Å². The third kappa shape index (κ3) is 8.41. The highest BCUT2D eigenvalue weighted by Gasteiger charge is 2.15. The molecule has 0 saturated carbocycles. The van der Waals surface area contributed by atoms with Crippen LogP contribution in [-0.4, -0.2) is 52.1 Å². The molecule has 1 heterocycles. The summed E-state index contributed by atoms with van der Waals surface area (Å²) in [4.78, 5) is 4.63. The molecule has 148 valence electrons. The molecule has 1 atom stereocenters. The van der Waals surface area contributed by atoms with Crippen molar-refractivity contribution < 1.29 is 14.2 Å². The van der Waals surface area contributed by atoms with E-state index >= 15 is 0 Å². The third-order valence-corrected chi connectivity index (χ3v) is 4.45. The number of benzene rings is 1. The van der Waals surface area contributed by atoms with Gasteiger partial charge in [-0.3, -0.25) is 0 Å². The van der Waals surface area contributed by atoms with Crippen LogP contribution in [0.5, 0.6) is 5.75 Å². The van der Waals surface area contributed by atoms with Crippen molar-refractivity contribution in [3.63, 3.8) is 0 Å². The first-order valence-corrected chi connectivity index (χ1v) is 9.56. The van der Waals surface area contributed by atoms with Gasteiger partial charge in [-0.2, -0.15) is 0 Å². The summed E-state index contributed by atoms with van der Waals surface area (Å²) in [5.74, 6) is 1.64. The van der Waals surface area contributed by atoms with Crippen molar-refractivity contribution in [2.45, 2.75) is 32.4 Å². The summed E-state index contributed by atoms with van der Waals surface area (Å²) >= 11 is 3.50. The first kappa shape index (κ1) is 23.5. The minimum absolute atomic E-state index is 0. The molecule has 0 aliphatic carbocycles. The van der Waals surface area contributed by atoms with E-state index in [-0.39, 0.29) is 30.1 Å². The topological polar surface area (TPSA) is 64.1 Å². The van der Waals surface area contributed by atoms with Gasteiger partial charge in [-0.15, -0.1) is 24.0 Å². The standard InChI is InChI=1S/C18H28BrN3O3.HI/c1-3-20-18(21-8-4-9-25-15-7-10-24-13-15)22-12-14-5-6-17(23-2)16(19)11-14;/h5-6,11,15H,3-4,7-10,12-13H2,1-2H3,(H2,20,21,22);1H. The number of aliphatic imine (C=N–C) groups is 1. The van der Waals surface area contributed by atoms with Crippen molar-refractivity contribution in [2.24, 2.45) is 4.99 Å². The number of nitrogens with zero attached hydrogens (tertiary/aromatic N) is 1. The second-order valence-corrected chi connectivity index (χ2v) is 6.66. The minimum Gasteiger partial charge on any atom is -0.496 e. The van der Waals surface area contributed by atoms with Gasteiger partial charge in [-0.1, -0.05) is 6.07 Å². The molecule has 0 bridgehead atoms. The van der Waals surface area contributed by atoms with Gasteiger partial charge in [-0.25, -0.2) is 4.99 Å². The Kier molecular flexibility index (Phi) is 12.2. The summed E-state index contributed by atoms with van der Waals surface area (Å²) in [5.41, 5.74) is 1.12. The zero-order chi connectivity index (χ0) is 17.9. The largest absolute Gasteiger partial charge is 0.496 e. The summed E-state index contributed by atoms with van der Waals surface area (Å²) in [6.07, 6.45) is 2.22. The molecule has 0 spiro atoms. The molecule has 1 fully saturated rings. The Morgan fingerprint density at radius 3 is 2.88 bits per heavy atom. The van der Waals surface area contributed by atoms with E-state index in [1.54, 1.807) is 7.11 Å². The highest BCUT2D eigenvalue weighted by atomic mass is 127. The summed E-state index contributed by atoms with van der Waals surface area (Å²) in [5, 5.41) is 6.61. The summed E-state index contributed by atoms with van der Waals surface area (Å²) in [6, 6.07) is 6.00. The number of rotatable bonds is 9. The molecule has 1 aliphatic heterocycles. The monoisotopic (exact) mass is 541 g/mol. The lowest BCUT2D eigenvalue weighted by Gasteiger charge is -2.13. The molecule has 1 aromatic carbocycles. The predicted molar refractivity (Wildman–Crippen MR) is 119 cm³/mol. The van der Waals surface area contributed by atoms with Gasteiger partial charge >= 0.3 is 0 Å². The first-order chi connectivity index (χ1) is 12.2. The van der Waals surface area contributed by atoms with E-state index in [4.69, 9.17) is 14.2 Å². The average molecular weight is 542 g/mol. The zero-order valence-corrected chi connectivity index (χ0v) is 19.3. The maximum absolute atomic E-state index is 5.77. The van der Waals surface area contributed by atoms with E-state index in [9.17, 15) is 0 Å². The van der Waals surface area contributed by atoms with Crippen LogP contribution in [0, 0.1) is 0 Å². The predicted octanol–water partition coefficient (Wildman–Crippen LogP) is 3.33. The van der Waals surface area contributed by atoms with Crippen molar-refractivity contribution in [3.8, 4) is 5.75 Å². The number of guanidine groups is 1. The lowest BCUT2D eigenvalue weighted by Crippen LogP contribution is -2.38. The van der Waals surface area contributed by atoms with Crippen molar-refractivity contribution in [3.05, 3.63) is 28.2 Å². The average Bonchev–Trinajstić information content (AvgIpc) is 3.13. The normalized spacial score (nSPS) is 16.9. The van der Waals surface area contributed by atoms with Gasteiger partial charge in [0.2, 0.25) is 0 Å². The molecule has 1 saturated heterocycles. The molecule has 0 radical (unpaired) electrons. The maximum Gasteiger partial charge on any atom is 0.191 e. The number of methoxy groups -OCH3 is 1. The lowest BCUT2D eigenvalue weighted by molar-refractivity contribution is 0.0420. The SMILES string of the molecule is CCNC(=NCc1ccc(OC)c(Br)c1)NCCCOC1CCOC1.I. The van der Waals surface area contributed by atoms with Crippen molar-refractivity contribution in [1.82, 2.24) is 10.6 Å². The van der Waals surface area contributed by atoms with Crippen LogP contribution in [0.3, 0.4) is 0 Å². The first-order valence-electron chi connectivity index (χ1n) is 8.77. The van der Waals surface area contributed by atoms with Crippen LogP contribution in [0.4, 0.5) is 0 Å². The molecule has 1 unspecified atom stereocenters. The van der Waals surface area contributed by atoms with E-state index in [0.717, 1.165) is 67.5 Å². The Labute approximate surface area is 181 Å². The molecule has 6 nitrogen and oxygen atoms in total. The van der Waals surface area contributed by atoms with Gasteiger partial charge in [0.25, 0.3) is 0 Å². The van der Waals surface area contributed by atoms with E-state index < -0.39 is 0 Å². The van der Waals surface area contributed by atoms with Crippen molar-refractivity contribution in [2.75, 3.05) is 40.0 Å². The van der Waals surface area contributed by atoms with E-state index in [1.165, 1.54) is 0 Å². The molecule has 2 N–H and O–H groups in total. The fourth-order valence-electron chi connectivity index (χ4n) is 2.49. The van der Waals surface area contributed by atoms with E-state index in [1.807, 2.05) is 18.2 Å². The highest BCUT2D eigenvalue weighted by molar-refractivity contribution is 14.0. The summed E-state index contributed by atoms with van der Waals surface area (Å²) in [6.45, 7) is 6.61. The van der Waals surface area contributed by atoms with Crippen LogP contribution in [0.1, 0.15) is 25.3 Å². The van der Waals surface area contributed by atoms with Gasteiger partial charge in [0.05, 0.1) is 30.8 Å². The third-order valence-electron chi connectivity index (χ3n) is 3.84. The van der Waals surface area contributed by atoms with Crippen LogP contribution >= 0.6 is 39.9 Å². The fourth-order valence-corrected chi connectivity index (χ4v) is 3.08. The van der Waals surface area contributed by atoms with Crippen molar-refractivity contribution in [1.29, 1.82) is 0 Å². The number of nitrogens with one attached hydrogen (secondary N) is 2. The zero-order valence-electron chi connectivity index (χ0n) is 15.4. The smallest absolute Gasteiger partial charge is 0.191 e. The quantitative estimate of drug-likeness (QED) is 0.217. The summed E-state index contributed by atoms with van der Waals surface area (Å²) in [7, 11) is 1.66. The van der Waals surface area contributed by atoms with E-state index in [2.05, 4.69) is 38.5 Å². The molecule has 2 rings (SSSR count). The molecular formula is C18H29BrIN3O3. The molecule has 0 amide bonds. The lowest BCUT2D eigenvalue weighted by atomic mass is 10.2. The highest BCUT2D eigenvalue weighted by Crippen LogP contribution is 2.25. The van der Waals surface area contributed by atoms with Gasteiger partial charge < -0.3 is 24.8 Å². The minimum atomic E-state index is 0. The maximum atomic E-state index is 5.77. The molecule has 1 aromatic rings. The van der Waals surface area contributed by atoms with Crippen LogP contribution in [0.25, 0.3) is 0 Å². The molecule has 26 heavy (non-hydrogen) atoms. The van der Waals surface area contributed by atoms with Gasteiger partial charge in [0.1, 0.15) is 5.75 Å². The second kappa shape index (κ2) is 13.6. The number of hydrogen-bond acceptors (Lipinski definition) is 4. The molecule has 0 aromatic heterocycles.